The first kappa shape index (κ1) is 15.7. The number of nitrogens with one attached hydrogen (secondary N) is 3. The predicted octanol–water partition coefficient (Wildman–Crippen LogP) is 1.89. The smallest absolute Gasteiger partial charge is 0.251 e. The third-order valence-corrected chi connectivity index (χ3v) is 3.67. The van der Waals surface area contributed by atoms with Gasteiger partial charge < -0.3 is 10.6 Å². The summed E-state index contributed by atoms with van der Waals surface area (Å²) in [4.78, 5) is 24.2. The molecule has 0 radical (unpaired) electrons. The van der Waals surface area contributed by atoms with Crippen molar-refractivity contribution in [2.75, 3.05) is 11.9 Å². The maximum atomic E-state index is 12.1. The Hall–Kier alpha value is -3.22. The first-order valence-electron chi connectivity index (χ1n) is 7.64. The van der Waals surface area contributed by atoms with Crippen LogP contribution in [0.25, 0.3) is 11.0 Å². The fourth-order valence-corrected chi connectivity index (χ4v) is 2.39. The molecule has 3 rings (SSSR count). The summed E-state index contributed by atoms with van der Waals surface area (Å²) in [5.74, 6) is -0.598. The van der Waals surface area contributed by atoms with Crippen LogP contribution in [-0.4, -0.2) is 33.8 Å². The van der Waals surface area contributed by atoms with E-state index in [2.05, 4.69) is 26.0 Å². The molecule has 24 heavy (non-hydrogen) atoms. The zero-order valence-electron chi connectivity index (χ0n) is 13.2. The molecule has 0 unspecified atom stereocenters. The van der Waals surface area contributed by atoms with Crippen molar-refractivity contribution in [2.45, 2.75) is 13.3 Å². The van der Waals surface area contributed by atoms with E-state index in [1.807, 2.05) is 31.2 Å². The number of anilines is 1. The number of nitrogens with zero attached hydrogens (tertiary/aromatic N) is 2. The second kappa shape index (κ2) is 6.91. The summed E-state index contributed by atoms with van der Waals surface area (Å²) >= 11 is 0. The third kappa shape index (κ3) is 3.40. The topological polar surface area (TPSA) is 99.8 Å². The molecule has 3 aromatic rings. The first-order valence-corrected chi connectivity index (χ1v) is 7.64. The molecule has 122 valence electrons. The molecule has 0 aliphatic carbocycles. The molecule has 3 N–H and O–H groups in total. The highest BCUT2D eigenvalue weighted by atomic mass is 16.2. The van der Waals surface area contributed by atoms with Crippen LogP contribution in [0.3, 0.4) is 0 Å². The SMILES string of the molecule is CCc1ccccc1NC(=O)CNC(=O)c1ccc2nn[nH]c2c1. The number of carbonyl (C=O) groups is 2. The number of amides is 2. The van der Waals surface area contributed by atoms with Gasteiger partial charge in [0.05, 0.1) is 12.1 Å². The Kier molecular flexibility index (Phi) is 4.51. The lowest BCUT2D eigenvalue weighted by atomic mass is 10.1. The van der Waals surface area contributed by atoms with Gasteiger partial charge in [0, 0.05) is 11.3 Å². The first-order chi connectivity index (χ1) is 11.7. The van der Waals surface area contributed by atoms with E-state index in [1.165, 1.54) is 0 Å². The van der Waals surface area contributed by atoms with Crippen LogP contribution < -0.4 is 10.6 Å². The summed E-state index contributed by atoms with van der Waals surface area (Å²) < 4.78 is 0. The van der Waals surface area contributed by atoms with E-state index < -0.39 is 0 Å². The van der Waals surface area contributed by atoms with Crippen molar-refractivity contribution < 1.29 is 9.59 Å². The van der Waals surface area contributed by atoms with Crippen LogP contribution in [-0.2, 0) is 11.2 Å². The Morgan fingerprint density at radius 2 is 2.00 bits per heavy atom. The number of benzene rings is 2. The molecule has 0 bridgehead atoms. The third-order valence-electron chi connectivity index (χ3n) is 3.67. The zero-order valence-corrected chi connectivity index (χ0v) is 13.2. The Balaban J connectivity index is 1.60. The van der Waals surface area contributed by atoms with Gasteiger partial charge in [-0.15, -0.1) is 5.10 Å². The Morgan fingerprint density at radius 3 is 2.83 bits per heavy atom. The molecule has 0 fully saturated rings. The highest BCUT2D eigenvalue weighted by Gasteiger charge is 2.10. The molecule has 2 aromatic carbocycles. The Labute approximate surface area is 138 Å². The molecule has 0 atom stereocenters. The van der Waals surface area contributed by atoms with Crippen molar-refractivity contribution in [3.8, 4) is 0 Å². The number of aromatic nitrogens is 3. The molecular weight excluding hydrogens is 306 g/mol. The fraction of sp³-hybridized carbons (Fsp3) is 0.176. The molecule has 2 amide bonds. The summed E-state index contributed by atoms with van der Waals surface area (Å²) in [6, 6.07) is 12.6. The number of hydrogen-bond donors (Lipinski definition) is 3. The van der Waals surface area contributed by atoms with Crippen LogP contribution in [0.2, 0.25) is 0 Å². The summed E-state index contributed by atoms with van der Waals surface area (Å²) in [6.45, 7) is 1.92. The number of rotatable bonds is 5. The van der Waals surface area contributed by atoms with Crippen molar-refractivity contribution in [3.05, 3.63) is 53.6 Å². The van der Waals surface area contributed by atoms with Crippen molar-refractivity contribution >= 4 is 28.5 Å². The van der Waals surface area contributed by atoms with Crippen LogP contribution >= 0.6 is 0 Å². The van der Waals surface area contributed by atoms with Crippen LogP contribution in [0.15, 0.2) is 42.5 Å². The summed E-state index contributed by atoms with van der Waals surface area (Å²) in [7, 11) is 0. The molecule has 0 aliphatic heterocycles. The standard InChI is InChI=1S/C17H17N5O2/c1-2-11-5-3-4-6-13(11)19-16(23)10-18-17(24)12-7-8-14-15(9-12)21-22-20-14/h3-9H,2,10H2,1H3,(H,18,24)(H,19,23)(H,20,21,22). The second-order valence-corrected chi connectivity index (χ2v) is 5.29. The molecule has 1 heterocycles. The van der Waals surface area contributed by atoms with Gasteiger partial charge in [-0.25, -0.2) is 0 Å². The van der Waals surface area contributed by atoms with Gasteiger partial charge in [0.1, 0.15) is 5.52 Å². The largest absolute Gasteiger partial charge is 0.343 e. The van der Waals surface area contributed by atoms with Gasteiger partial charge >= 0.3 is 0 Å². The summed E-state index contributed by atoms with van der Waals surface area (Å²) in [5.41, 5.74) is 3.61. The van der Waals surface area contributed by atoms with Crippen molar-refractivity contribution in [3.63, 3.8) is 0 Å². The summed E-state index contributed by atoms with van der Waals surface area (Å²) in [6.07, 6.45) is 0.820. The quantitative estimate of drug-likeness (QED) is 0.667. The number of para-hydroxylation sites is 1. The van der Waals surface area contributed by atoms with Crippen LogP contribution in [0.1, 0.15) is 22.8 Å². The van der Waals surface area contributed by atoms with E-state index in [-0.39, 0.29) is 18.4 Å². The number of carbonyl (C=O) groups excluding carboxylic acids is 2. The second-order valence-electron chi connectivity index (χ2n) is 5.29. The van der Waals surface area contributed by atoms with Crippen LogP contribution in [0.5, 0.6) is 0 Å². The molecule has 7 heteroatoms. The normalized spacial score (nSPS) is 10.5. The summed E-state index contributed by atoms with van der Waals surface area (Å²) in [5, 5.41) is 15.6. The Morgan fingerprint density at radius 1 is 1.17 bits per heavy atom. The van der Waals surface area contributed by atoms with Crippen molar-refractivity contribution in [1.29, 1.82) is 0 Å². The van der Waals surface area contributed by atoms with Crippen LogP contribution in [0, 0.1) is 0 Å². The van der Waals surface area contributed by atoms with Gasteiger partial charge in [-0.2, -0.15) is 0 Å². The van der Waals surface area contributed by atoms with E-state index in [4.69, 9.17) is 0 Å². The fourth-order valence-electron chi connectivity index (χ4n) is 2.39. The number of aromatic amines is 1. The van der Waals surface area contributed by atoms with Crippen molar-refractivity contribution in [1.82, 2.24) is 20.7 Å². The highest BCUT2D eigenvalue weighted by Crippen LogP contribution is 2.15. The lowest BCUT2D eigenvalue weighted by Crippen LogP contribution is -2.33. The van der Waals surface area contributed by atoms with Gasteiger partial charge in [0.25, 0.3) is 5.91 Å². The lowest BCUT2D eigenvalue weighted by Gasteiger charge is -2.10. The minimum atomic E-state index is -0.328. The maximum Gasteiger partial charge on any atom is 0.251 e. The van der Waals surface area contributed by atoms with E-state index >= 15 is 0 Å². The zero-order chi connectivity index (χ0) is 16.9. The number of aryl methyl sites for hydroxylation is 1. The van der Waals surface area contributed by atoms with E-state index in [0.717, 1.165) is 17.7 Å². The average Bonchev–Trinajstić information content (AvgIpc) is 3.07. The molecule has 0 saturated carbocycles. The highest BCUT2D eigenvalue weighted by molar-refractivity contribution is 6.01. The minimum Gasteiger partial charge on any atom is -0.343 e. The van der Waals surface area contributed by atoms with E-state index in [9.17, 15) is 9.59 Å². The number of H-pyrrole nitrogens is 1. The van der Waals surface area contributed by atoms with E-state index in [1.54, 1.807) is 18.2 Å². The number of hydrogen-bond acceptors (Lipinski definition) is 4. The molecule has 7 nitrogen and oxygen atoms in total. The molecule has 0 aliphatic rings. The van der Waals surface area contributed by atoms with Gasteiger partial charge in [0.15, 0.2) is 0 Å². The molecule has 0 saturated heterocycles. The Bertz CT molecular complexity index is 887. The molecule has 1 aromatic heterocycles. The lowest BCUT2D eigenvalue weighted by molar-refractivity contribution is -0.115. The average molecular weight is 323 g/mol. The predicted molar refractivity (Wildman–Crippen MR) is 90.7 cm³/mol. The number of fused-ring (bicyclic) bond motifs is 1. The monoisotopic (exact) mass is 323 g/mol. The maximum absolute atomic E-state index is 12.1. The van der Waals surface area contributed by atoms with Gasteiger partial charge in [0.2, 0.25) is 5.91 Å². The minimum absolute atomic E-state index is 0.101. The van der Waals surface area contributed by atoms with Gasteiger partial charge in [-0.3, -0.25) is 14.7 Å². The molecular formula is C17H17N5O2. The van der Waals surface area contributed by atoms with Gasteiger partial charge in [-0.1, -0.05) is 30.3 Å². The van der Waals surface area contributed by atoms with Gasteiger partial charge in [-0.05, 0) is 36.2 Å². The molecule has 0 spiro atoms. The van der Waals surface area contributed by atoms with E-state index in [0.29, 0.717) is 16.6 Å². The van der Waals surface area contributed by atoms with Crippen LogP contribution in [0.4, 0.5) is 5.69 Å². The van der Waals surface area contributed by atoms with Crippen molar-refractivity contribution in [2.24, 2.45) is 0 Å².